The number of amides is 1. The molecule has 0 aliphatic carbocycles. The molecule has 3 saturated heterocycles. The molecule has 10 heteroatoms. The first-order valence-electron chi connectivity index (χ1n) is 16.8. The van der Waals surface area contributed by atoms with E-state index in [4.69, 9.17) is 25.9 Å². The Morgan fingerprint density at radius 1 is 1.06 bits per heavy atom. The predicted molar refractivity (Wildman–Crippen MR) is 183 cm³/mol. The van der Waals surface area contributed by atoms with Crippen molar-refractivity contribution < 1.29 is 18.7 Å². The van der Waals surface area contributed by atoms with E-state index in [0.717, 1.165) is 49.5 Å². The molecule has 0 N–H and O–H groups in total. The van der Waals surface area contributed by atoms with E-state index in [1.807, 2.05) is 69.3 Å². The minimum absolute atomic E-state index is 0.0307. The molecule has 4 aliphatic heterocycles. The number of halogens is 1. The number of fused-ring (bicyclic) bond motifs is 5. The van der Waals surface area contributed by atoms with Crippen LogP contribution >= 0.6 is 0 Å². The fraction of sp³-hybridized carbons (Fsp3) is 0.421. The SMILES string of the molecule is C#Cc1cccc2cccc(-c3ncc4c(N5C[C@H]6C=C[C@@H](C5)N6C(=O)OC(C)(C)C)nc(OCC56CCCN5CCC6)nc4c3F)c12. The summed E-state index contributed by atoms with van der Waals surface area (Å²) >= 11 is 0. The number of terminal acetylenes is 1. The second-order valence-corrected chi connectivity index (χ2v) is 14.4. The van der Waals surface area contributed by atoms with Gasteiger partial charge in [0.05, 0.1) is 23.0 Å². The van der Waals surface area contributed by atoms with E-state index in [0.29, 0.717) is 42.0 Å². The van der Waals surface area contributed by atoms with Crippen LogP contribution in [0.1, 0.15) is 52.0 Å². The van der Waals surface area contributed by atoms with Gasteiger partial charge >= 0.3 is 12.1 Å². The summed E-state index contributed by atoms with van der Waals surface area (Å²) in [4.78, 5) is 33.8. The number of aromatic nitrogens is 3. The number of anilines is 1. The van der Waals surface area contributed by atoms with Gasteiger partial charge in [-0.15, -0.1) is 6.42 Å². The minimum atomic E-state index is -0.609. The van der Waals surface area contributed by atoms with Crippen molar-refractivity contribution in [3.63, 3.8) is 0 Å². The van der Waals surface area contributed by atoms with E-state index >= 15 is 4.39 Å². The average Bonchev–Trinajstić information content (AvgIpc) is 3.73. The zero-order valence-electron chi connectivity index (χ0n) is 27.6. The number of carbonyl (C=O) groups is 1. The predicted octanol–water partition coefficient (Wildman–Crippen LogP) is 6.34. The van der Waals surface area contributed by atoms with Crippen molar-refractivity contribution in [1.82, 2.24) is 24.8 Å². The molecule has 4 aliphatic rings. The van der Waals surface area contributed by atoms with E-state index in [1.165, 1.54) is 0 Å². The van der Waals surface area contributed by atoms with Crippen molar-refractivity contribution in [3.05, 3.63) is 66.1 Å². The van der Waals surface area contributed by atoms with Crippen molar-refractivity contribution in [2.75, 3.05) is 37.7 Å². The molecule has 4 aromatic rings. The molecule has 2 atom stereocenters. The first-order valence-corrected chi connectivity index (χ1v) is 16.8. The molecule has 6 heterocycles. The Labute approximate surface area is 279 Å². The van der Waals surface area contributed by atoms with Crippen LogP contribution in [0.25, 0.3) is 32.9 Å². The summed E-state index contributed by atoms with van der Waals surface area (Å²) in [7, 11) is 0. The van der Waals surface area contributed by atoms with E-state index in [1.54, 1.807) is 11.1 Å². The molecule has 48 heavy (non-hydrogen) atoms. The second-order valence-electron chi connectivity index (χ2n) is 14.4. The first kappa shape index (κ1) is 30.6. The molecular formula is C38H39FN6O3. The van der Waals surface area contributed by atoms with Gasteiger partial charge in [-0.25, -0.2) is 9.18 Å². The number of ether oxygens (including phenoxy) is 2. The van der Waals surface area contributed by atoms with E-state index in [2.05, 4.69) is 20.7 Å². The Kier molecular flexibility index (Phi) is 7.29. The summed E-state index contributed by atoms with van der Waals surface area (Å²) < 4.78 is 29.1. The molecule has 9 nitrogen and oxygen atoms in total. The third-order valence-corrected chi connectivity index (χ3v) is 10.2. The number of piperazine rings is 1. The van der Waals surface area contributed by atoms with Crippen molar-refractivity contribution in [2.24, 2.45) is 0 Å². The van der Waals surface area contributed by atoms with Crippen LogP contribution in [0.4, 0.5) is 15.0 Å². The highest BCUT2D eigenvalue weighted by Gasteiger charge is 2.45. The first-order chi connectivity index (χ1) is 23.1. The van der Waals surface area contributed by atoms with Crippen LogP contribution < -0.4 is 9.64 Å². The zero-order valence-corrected chi connectivity index (χ0v) is 27.6. The maximum absolute atomic E-state index is 16.9. The van der Waals surface area contributed by atoms with Gasteiger partial charge in [-0.1, -0.05) is 48.4 Å². The molecule has 0 saturated carbocycles. The molecule has 2 bridgehead atoms. The smallest absolute Gasteiger partial charge is 0.411 e. The van der Waals surface area contributed by atoms with Crippen LogP contribution in [0.3, 0.4) is 0 Å². The van der Waals surface area contributed by atoms with Crippen molar-refractivity contribution in [3.8, 4) is 29.6 Å². The lowest BCUT2D eigenvalue weighted by molar-refractivity contribution is 0.0146. The van der Waals surface area contributed by atoms with Gasteiger partial charge in [-0.3, -0.25) is 14.8 Å². The summed E-state index contributed by atoms with van der Waals surface area (Å²) in [5, 5.41) is 2.15. The Bertz CT molecular complexity index is 1980. The second kappa shape index (κ2) is 11.4. The van der Waals surface area contributed by atoms with Gasteiger partial charge in [0.15, 0.2) is 5.82 Å². The lowest BCUT2D eigenvalue weighted by atomic mass is 9.95. The van der Waals surface area contributed by atoms with Crippen LogP contribution in [-0.2, 0) is 4.74 Å². The molecule has 2 aromatic carbocycles. The van der Waals surface area contributed by atoms with E-state index in [9.17, 15) is 4.79 Å². The number of benzene rings is 2. The molecule has 3 fully saturated rings. The fourth-order valence-corrected chi connectivity index (χ4v) is 8.10. The van der Waals surface area contributed by atoms with Gasteiger partial charge in [0.25, 0.3) is 0 Å². The van der Waals surface area contributed by atoms with Crippen LogP contribution in [-0.4, -0.2) is 86.9 Å². The summed E-state index contributed by atoms with van der Waals surface area (Å²) in [6.07, 6.45) is 15.6. The highest BCUT2D eigenvalue weighted by atomic mass is 19.1. The molecule has 8 rings (SSSR count). The standard InChI is InChI=1S/C38H39FN6O3/c1-5-24-10-6-11-25-12-7-13-28(30(24)25)32-31(39)33-29(20-40-32)34(42-35(41-33)47-23-38-16-8-18-44(38)19-9-17-38)43-21-26-14-15-27(22-43)45(26)36(46)48-37(2,3)4/h1,6-7,10-15,20,26-27H,8-9,16-19,21-23H2,2-4H3/t26-,27+. The molecule has 2 aromatic heterocycles. The molecular weight excluding hydrogens is 607 g/mol. The number of pyridine rings is 1. The zero-order chi connectivity index (χ0) is 33.2. The highest BCUT2D eigenvalue weighted by molar-refractivity contribution is 6.02. The topological polar surface area (TPSA) is 83.9 Å². The van der Waals surface area contributed by atoms with Crippen LogP contribution in [0.5, 0.6) is 6.01 Å². The molecule has 1 amide bonds. The van der Waals surface area contributed by atoms with Gasteiger partial charge in [-0.05, 0) is 71.0 Å². The van der Waals surface area contributed by atoms with Gasteiger partial charge in [-0.2, -0.15) is 9.97 Å². The maximum atomic E-state index is 16.9. The summed E-state index contributed by atoms with van der Waals surface area (Å²) in [5.74, 6) is 2.72. The van der Waals surface area contributed by atoms with E-state index < -0.39 is 11.4 Å². The van der Waals surface area contributed by atoms with Crippen molar-refractivity contribution >= 4 is 33.6 Å². The summed E-state index contributed by atoms with van der Waals surface area (Å²) in [5.41, 5.74) is 0.929. The number of hydrogen-bond donors (Lipinski definition) is 0. The van der Waals surface area contributed by atoms with Crippen LogP contribution in [0, 0.1) is 18.2 Å². The molecule has 0 spiro atoms. The van der Waals surface area contributed by atoms with Crippen molar-refractivity contribution in [2.45, 2.75) is 69.7 Å². The monoisotopic (exact) mass is 646 g/mol. The lowest BCUT2D eigenvalue weighted by Crippen LogP contribution is -2.57. The Balaban J connectivity index is 1.21. The summed E-state index contributed by atoms with van der Waals surface area (Å²) in [6, 6.07) is 11.1. The van der Waals surface area contributed by atoms with Gasteiger partial charge in [0.2, 0.25) is 0 Å². The molecule has 0 radical (unpaired) electrons. The molecule has 0 unspecified atom stereocenters. The van der Waals surface area contributed by atoms with Crippen LogP contribution in [0.2, 0.25) is 0 Å². The Morgan fingerprint density at radius 3 is 2.46 bits per heavy atom. The maximum Gasteiger partial charge on any atom is 0.411 e. The lowest BCUT2D eigenvalue weighted by Gasteiger charge is -2.42. The summed E-state index contributed by atoms with van der Waals surface area (Å²) in [6.45, 7) is 9.08. The number of hydrogen-bond acceptors (Lipinski definition) is 8. The van der Waals surface area contributed by atoms with Gasteiger partial charge < -0.3 is 14.4 Å². The Hall–Kier alpha value is -4.75. The minimum Gasteiger partial charge on any atom is -0.461 e. The van der Waals surface area contributed by atoms with Crippen LogP contribution in [0.15, 0.2) is 54.7 Å². The fourth-order valence-electron chi connectivity index (χ4n) is 8.10. The average molecular weight is 647 g/mol. The highest BCUT2D eigenvalue weighted by Crippen LogP contribution is 2.41. The largest absolute Gasteiger partial charge is 0.461 e. The number of carbonyl (C=O) groups excluding carboxylic acids is 1. The Morgan fingerprint density at radius 2 is 1.77 bits per heavy atom. The van der Waals surface area contributed by atoms with Gasteiger partial charge in [0, 0.05) is 35.8 Å². The number of rotatable bonds is 5. The van der Waals surface area contributed by atoms with Gasteiger partial charge in [0.1, 0.15) is 29.2 Å². The molecule has 246 valence electrons. The van der Waals surface area contributed by atoms with Crippen molar-refractivity contribution in [1.29, 1.82) is 0 Å². The normalized spacial score (nSPS) is 21.6. The quantitative estimate of drug-likeness (QED) is 0.184. The number of nitrogens with zero attached hydrogens (tertiary/aromatic N) is 6. The third-order valence-electron chi connectivity index (χ3n) is 10.2. The van der Waals surface area contributed by atoms with E-state index in [-0.39, 0.29) is 40.9 Å². The third kappa shape index (κ3) is 5.12.